The van der Waals surface area contributed by atoms with Crippen molar-refractivity contribution in [3.05, 3.63) is 35.9 Å². The predicted molar refractivity (Wildman–Crippen MR) is 71.6 cm³/mol. The van der Waals surface area contributed by atoms with Gasteiger partial charge in [-0.05, 0) is 12.5 Å². The van der Waals surface area contributed by atoms with Crippen molar-refractivity contribution in [3.8, 4) is 0 Å². The molecule has 0 aliphatic carbocycles. The lowest BCUT2D eigenvalue weighted by Crippen LogP contribution is -2.32. The maximum atomic E-state index is 9.72. The SMILES string of the molecule is COCCNC[C@H](O)CO[C@H](C)c1ccccc1. The maximum absolute atomic E-state index is 9.72. The Morgan fingerprint density at radius 1 is 1.28 bits per heavy atom. The highest BCUT2D eigenvalue weighted by molar-refractivity contribution is 5.16. The molecule has 0 amide bonds. The van der Waals surface area contributed by atoms with Gasteiger partial charge in [-0.3, -0.25) is 0 Å². The Labute approximate surface area is 109 Å². The van der Waals surface area contributed by atoms with Crippen LogP contribution in [0.1, 0.15) is 18.6 Å². The summed E-state index contributed by atoms with van der Waals surface area (Å²) in [6.07, 6.45) is -0.493. The summed E-state index contributed by atoms with van der Waals surface area (Å²) in [4.78, 5) is 0. The van der Waals surface area contributed by atoms with E-state index in [4.69, 9.17) is 9.47 Å². The Bertz CT molecular complexity index is 305. The largest absolute Gasteiger partial charge is 0.389 e. The van der Waals surface area contributed by atoms with Crippen LogP contribution in [0.4, 0.5) is 0 Å². The molecule has 2 atom stereocenters. The van der Waals surface area contributed by atoms with Crippen molar-refractivity contribution >= 4 is 0 Å². The van der Waals surface area contributed by atoms with E-state index in [0.717, 1.165) is 12.1 Å². The minimum atomic E-state index is -0.493. The van der Waals surface area contributed by atoms with Crippen molar-refractivity contribution in [3.63, 3.8) is 0 Å². The van der Waals surface area contributed by atoms with E-state index >= 15 is 0 Å². The molecular formula is C14H23NO3. The number of aliphatic hydroxyl groups excluding tert-OH is 1. The second-order valence-electron chi connectivity index (χ2n) is 4.24. The molecule has 0 aliphatic rings. The summed E-state index contributed by atoms with van der Waals surface area (Å²) < 4.78 is 10.5. The highest BCUT2D eigenvalue weighted by atomic mass is 16.5. The van der Waals surface area contributed by atoms with Crippen LogP contribution in [0.15, 0.2) is 30.3 Å². The van der Waals surface area contributed by atoms with Crippen LogP contribution in [0.25, 0.3) is 0 Å². The average Bonchev–Trinajstić information content (AvgIpc) is 2.42. The van der Waals surface area contributed by atoms with Crippen LogP contribution < -0.4 is 5.32 Å². The second-order valence-corrected chi connectivity index (χ2v) is 4.24. The molecule has 1 rings (SSSR count). The summed E-state index contributed by atoms with van der Waals surface area (Å²) in [7, 11) is 1.66. The smallest absolute Gasteiger partial charge is 0.0897 e. The minimum Gasteiger partial charge on any atom is -0.389 e. The third kappa shape index (κ3) is 6.12. The number of rotatable bonds is 9. The second kappa shape index (κ2) is 9.05. The lowest BCUT2D eigenvalue weighted by Gasteiger charge is -2.17. The zero-order valence-corrected chi connectivity index (χ0v) is 11.1. The first-order valence-corrected chi connectivity index (χ1v) is 6.28. The Morgan fingerprint density at radius 3 is 2.67 bits per heavy atom. The summed E-state index contributed by atoms with van der Waals surface area (Å²) in [5, 5.41) is 12.8. The van der Waals surface area contributed by atoms with Gasteiger partial charge in [0.05, 0.1) is 25.4 Å². The van der Waals surface area contributed by atoms with E-state index in [2.05, 4.69) is 5.32 Å². The summed E-state index contributed by atoms with van der Waals surface area (Å²) >= 11 is 0. The highest BCUT2D eigenvalue weighted by Gasteiger charge is 2.09. The molecule has 0 saturated carbocycles. The van der Waals surface area contributed by atoms with E-state index in [1.807, 2.05) is 37.3 Å². The first kappa shape index (κ1) is 15.1. The van der Waals surface area contributed by atoms with Crippen molar-refractivity contribution in [2.75, 3.05) is 33.4 Å². The van der Waals surface area contributed by atoms with Crippen molar-refractivity contribution in [2.45, 2.75) is 19.1 Å². The van der Waals surface area contributed by atoms with Crippen molar-refractivity contribution in [2.24, 2.45) is 0 Å². The standard InChI is InChI=1S/C14H23NO3/c1-12(13-6-4-3-5-7-13)18-11-14(16)10-15-8-9-17-2/h3-7,12,14-16H,8-11H2,1-2H3/t12-,14+/m1/s1. The molecule has 0 bridgehead atoms. The van der Waals surface area contributed by atoms with Gasteiger partial charge < -0.3 is 19.9 Å². The molecule has 102 valence electrons. The fraction of sp³-hybridized carbons (Fsp3) is 0.571. The molecule has 0 aromatic heterocycles. The molecule has 1 aromatic rings. The van der Waals surface area contributed by atoms with Gasteiger partial charge in [0.25, 0.3) is 0 Å². The molecule has 2 N–H and O–H groups in total. The van der Waals surface area contributed by atoms with Gasteiger partial charge in [-0.2, -0.15) is 0 Å². The van der Waals surface area contributed by atoms with Gasteiger partial charge in [-0.1, -0.05) is 30.3 Å². The van der Waals surface area contributed by atoms with E-state index in [-0.39, 0.29) is 6.10 Å². The Morgan fingerprint density at radius 2 is 2.00 bits per heavy atom. The lowest BCUT2D eigenvalue weighted by molar-refractivity contribution is -0.00237. The number of aliphatic hydroxyl groups is 1. The van der Waals surface area contributed by atoms with Crippen LogP contribution in [-0.4, -0.2) is 44.6 Å². The quantitative estimate of drug-likeness (QED) is 0.653. The van der Waals surface area contributed by atoms with E-state index in [1.54, 1.807) is 7.11 Å². The number of methoxy groups -OCH3 is 1. The predicted octanol–water partition coefficient (Wildman–Crippen LogP) is 1.36. The van der Waals surface area contributed by atoms with Crippen molar-refractivity contribution < 1.29 is 14.6 Å². The van der Waals surface area contributed by atoms with Crippen LogP contribution >= 0.6 is 0 Å². The van der Waals surface area contributed by atoms with Crippen LogP contribution in [0.3, 0.4) is 0 Å². The normalized spacial score (nSPS) is 14.4. The topological polar surface area (TPSA) is 50.7 Å². The molecule has 0 aliphatic heterocycles. The van der Waals surface area contributed by atoms with Crippen LogP contribution in [0.5, 0.6) is 0 Å². The zero-order chi connectivity index (χ0) is 13.2. The zero-order valence-electron chi connectivity index (χ0n) is 11.1. The van der Waals surface area contributed by atoms with E-state index in [1.165, 1.54) is 0 Å². The van der Waals surface area contributed by atoms with E-state index in [0.29, 0.717) is 19.8 Å². The number of ether oxygens (including phenoxy) is 2. The summed E-state index contributed by atoms with van der Waals surface area (Å²) in [5.41, 5.74) is 1.12. The molecule has 0 fully saturated rings. The van der Waals surface area contributed by atoms with Crippen molar-refractivity contribution in [1.82, 2.24) is 5.32 Å². The first-order chi connectivity index (χ1) is 8.74. The van der Waals surface area contributed by atoms with Gasteiger partial charge in [0.2, 0.25) is 0 Å². The van der Waals surface area contributed by atoms with Crippen LogP contribution in [-0.2, 0) is 9.47 Å². The summed E-state index contributed by atoms with van der Waals surface area (Å²) in [6, 6.07) is 9.99. The molecule has 0 unspecified atom stereocenters. The molecule has 0 saturated heterocycles. The van der Waals surface area contributed by atoms with Gasteiger partial charge in [-0.25, -0.2) is 0 Å². The number of hydrogen-bond donors (Lipinski definition) is 2. The molecular weight excluding hydrogens is 230 g/mol. The number of nitrogens with one attached hydrogen (secondary N) is 1. The highest BCUT2D eigenvalue weighted by Crippen LogP contribution is 2.15. The first-order valence-electron chi connectivity index (χ1n) is 6.28. The molecule has 1 aromatic carbocycles. The van der Waals surface area contributed by atoms with E-state index < -0.39 is 6.10 Å². The molecule has 18 heavy (non-hydrogen) atoms. The fourth-order valence-corrected chi connectivity index (χ4v) is 1.58. The Hall–Kier alpha value is -0.940. The van der Waals surface area contributed by atoms with Gasteiger partial charge in [0, 0.05) is 20.2 Å². The monoisotopic (exact) mass is 253 g/mol. The molecule has 0 spiro atoms. The lowest BCUT2D eigenvalue weighted by atomic mass is 10.1. The van der Waals surface area contributed by atoms with Gasteiger partial charge in [-0.15, -0.1) is 0 Å². The van der Waals surface area contributed by atoms with Crippen molar-refractivity contribution in [1.29, 1.82) is 0 Å². The van der Waals surface area contributed by atoms with E-state index in [9.17, 15) is 5.11 Å². The van der Waals surface area contributed by atoms with Gasteiger partial charge in [0.15, 0.2) is 0 Å². The van der Waals surface area contributed by atoms with Crippen LogP contribution in [0.2, 0.25) is 0 Å². The third-order valence-electron chi connectivity index (χ3n) is 2.67. The molecule has 4 nitrogen and oxygen atoms in total. The number of hydrogen-bond acceptors (Lipinski definition) is 4. The fourth-order valence-electron chi connectivity index (χ4n) is 1.58. The number of benzene rings is 1. The maximum Gasteiger partial charge on any atom is 0.0897 e. The molecule has 0 radical (unpaired) electrons. The third-order valence-corrected chi connectivity index (χ3v) is 2.67. The molecule has 4 heteroatoms. The average molecular weight is 253 g/mol. The van der Waals surface area contributed by atoms with Gasteiger partial charge >= 0.3 is 0 Å². The Balaban J connectivity index is 2.16. The summed E-state index contributed by atoms with van der Waals surface area (Å²) in [6.45, 7) is 4.22. The minimum absolute atomic E-state index is 0.000162. The summed E-state index contributed by atoms with van der Waals surface area (Å²) in [5.74, 6) is 0. The molecule has 0 heterocycles. The Kier molecular flexibility index (Phi) is 7.60. The van der Waals surface area contributed by atoms with Crippen LogP contribution in [0, 0.1) is 0 Å². The van der Waals surface area contributed by atoms with Gasteiger partial charge in [0.1, 0.15) is 0 Å².